The van der Waals surface area contributed by atoms with Crippen LogP contribution >= 0.6 is 0 Å². The van der Waals surface area contributed by atoms with Crippen molar-refractivity contribution in [3.05, 3.63) is 78.4 Å². The van der Waals surface area contributed by atoms with Gasteiger partial charge in [-0.3, -0.25) is 4.79 Å². The highest BCUT2D eigenvalue weighted by molar-refractivity contribution is 5.83. The second-order valence-corrected chi connectivity index (χ2v) is 12.7. The second kappa shape index (κ2) is 22.4. The monoisotopic (exact) mass is 612 g/mol. The first-order valence-electron chi connectivity index (χ1n) is 18.2. The number of hydrogen-bond donors (Lipinski definition) is 0. The second-order valence-electron chi connectivity index (χ2n) is 12.7. The normalized spacial score (nSPS) is 11.8. The van der Waals surface area contributed by atoms with Gasteiger partial charge >= 0.3 is 5.97 Å². The molecule has 0 radical (unpaired) electrons. The van der Waals surface area contributed by atoms with Crippen LogP contribution in [0, 0.1) is 0 Å². The van der Waals surface area contributed by atoms with E-state index in [0.29, 0.717) is 6.42 Å². The van der Waals surface area contributed by atoms with Crippen LogP contribution in [-0.2, 0) is 9.53 Å². The summed E-state index contributed by atoms with van der Waals surface area (Å²) >= 11 is 0. The third-order valence-electron chi connectivity index (χ3n) is 8.84. The van der Waals surface area contributed by atoms with Crippen molar-refractivity contribution in [3.8, 4) is 28.0 Å². The van der Waals surface area contributed by atoms with Gasteiger partial charge in [-0.05, 0) is 59.7 Å². The highest BCUT2D eigenvalue weighted by atomic mass is 16.5. The quantitative estimate of drug-likeness (QED) is 0.0745. The van der Waals surface area contributed by atoms with Crippen molar-refractivity contribution in [1.82, 2.24) is 0 Å². The van der Waals surface area contributed by atoms with Crippen molar-refractivity contribution >= 4 is 5.97 Å². The van der Waals surface area contributed by atoms with E-state index in [1.54, 1.807) is 0 Å². The first kappa shape index (κ1) is 36.4. The molecular weight excluding hydrogens is 552 g/mol. The third kappa shape index (κ3) is 14.3. The summed E-state index contributed by atoms with van der Waals surface area (Å²) in [5.41, 5.74) is 5.72. The predicted octanol–water partition coefficient (Wildman–Crippen LogP) is 13.1. The van der Waals surface area contributed by atoms with Crippen LogP contribution in [0.25, 0.3) is 22.3 Å². The number of carbonyl (C=O) groups is 1. The number of ether oxygens (including phenoxy) is 2. The third-order valence-corrected chi connectivity index (χ3v) is 8.84. The van der Waals surface area contributed by atoms with E-state index in [1.165, 1.54) is 107 Å². The van der Waals surface area contributed by atoms with Crippen molar-refractivity contribution in [1.29, 1.82) is 0 Å². The minimum Gasteiger partial charge on any atom is -0.494 e. The summed E-state index contributed by atoms with van der Waals surface area (Å²) in [7, 11) is 0. The van der Waals surface area contributed by atoms with Crippen LogP contribution < -0.4 is 4.74 Å². The SMILES string of the molecule is CCCCCCCCCCCCCCOc1ccc(-c2ccccc2-c2ccc(C(C)OC(=O)CCCCCCC)cc2)cc1. The van der Waals surface area contributed by atoms with Crippen LogP contribution in [0.2, 0.25) is 0 Å². The van der Waals surface area contributed by atoms with Crippen LogP contribution in [0.4, 0.5) is 0 Å². The average molecular weight is 613 g/mol. The van der Waals surface area contributed by atoms with Gasteiger partial charge in [-0.15, -0.1) is 0 Å². The first-order chi connectivity index (χ1) is 22.1. The highest BCUT2D eigenvalue weighted by Crippen LogP contribution is 2.34. The Kier molecular flexibility index (Phi) is 18.1. The van der Waals surface area contributed by atoms with Crippen LogP contribution in [0.1, 0.15) is 148 Å². The molecule has 1 atom stereocenters. The summed E-state index contributed by atoms with van der Waals surface area (Å²) in [6.45, 7) is 7.23. The zero-order valence-corrected chi connectivity index (χ0v) is 28.7. The van der Waals surface area contributed by atoms with Gasteiger partial charge in [0.05, 0.1) is 6.61 Å². The molecule has 0 spiro atoms. The molecular formula is C42H60O3. The van der Waals surface area contributed by atoms with Crippen molar-refractivity contribution in [3.63, 3.8) is 0 Å². The van der Waals surface area contributed by atoms with Crippen LogP contribution in [-0.4, -0.2) is 12.6 Å². The Balaban J connectivity index is 1.41. The Bertz CT molecular complexity index is 1180. The summed E-state index contributed by atoms with van der Waals surface area (Å²) in [4.78, 5) is 12.3. The molecule has 0 aliphatic heterocycles. The Labute approximate surface area is 275 Å². The van der Waals surface area contributed by atoms with Gasteiger partial charge in [0.15, 0.2) is 0 Å². The van der Waals surface area contributed by atoms with E-state index in [9.17, 15) is 4.79 Å². The fourth-order valence-electron chi connectivity index (χ4n) is 5.98. The maximum atomic E-state index is 12.3. The van der Waals surface area contributed by atoms with E-state index in [0.717, 1.165) is 42.7 Å². The molecule has 246 valence electrons. The number of hydrogen-bond acceptors (Lipinski definition) is 3. The Hall–Kier alpha value is -3.07. The van der Waals surface area contributed by atoms with Gasteiger partial charge in [-0.1, -0.05) is 171 Å². The maximum absolute atomic E-state index is 12.3. The van der Waals surface area contributed by atoms with Gasteiger partial charge in [-0.25, -0.2) is 0 Å². The predicted molar refractivity (Wildman–Crippen MR) is 192 cm³/mol. The lowest BCUT2D eigenvalue weighted by Gasteiger charge is -2.15. The van der Waals surface area contributed by atoms with Gasteiger partial charge < -0.3 is 9.47 Å². The molecule has 1 unspecified atom stereocenters. The van der Waals surface area contributed by atoms with E-state index >= 15 is 0 Å². The zero-order chi connectivity index (χ0) is 32.0. The molecule has 0 fully saturated rings. The van der Waals surface area contributed by atoms with Crippen molar-refractivity contribution < 1.29 is 14.3 Å². The molecule has 0 bridgehead atoms. The van der Waals surface area contributed by atoms with Gasteiger partial charge in [0.1, 0.15) is 11.9 Å². The van der Waals surface area contributed by atoms with Crippen molar-refractivity contribution in [2.45, 2.75) is 142 Å². The molecule has 0 aromatic heterocycles. The highest BCUT2D eigenvalue weighted by Gasteiger charge is 2.13. The minimum absolute atomic E-state index is 0.102. The summed E-state index contributed by atoms with van der Waals surface area (Å²) in [5, 5.41) is 0. The minimum atomic E-state index is -0.250. The van der Waals surface area contributed by atoms with Gasteiger partial charge in [0.2, 0.25) is 0 Å². The fraction of sp³-hybridized carbons (Fsp3) is 0.548. The maximum Gasteiger partial charge on any atom is 0.306 e. The summed E-state index contributed by atoms with van der Waals surface area (Å²) in [6, 6.07) is 25.5. The van der Waals surface area contributed by atoms with E-state index in [2.05, 4.69) is 86.6 Å². The van der Waals surface area contributed by atoms with Crippen molar-refractivity contribution in [2.24, 2.45) is 0 Å². The number of esters is 1. The molecule has 3 nitrogen and oxygen atoms in total. The molecule has 3 aromatic rings. The van der Waals surface area contributed by atoms with Crippen LogP contribution in [0.3, 0.4) is 0 Å². The Morgan fingerprint density at radius 3 is 1.51 bits per heavy atom. The van der Waals surface area contributed by atoms with Gasteiger partial charge in [0.25, 0.3) is 0 Å². The topological polar surface area (TPSA) is 35.5 Å². The summed E-state index contributed by atoms with van der Waals surface area (Å²) < 4.78 is 11.8. The number of benzene rings is 3. The molecule has 0 amide bonds. The number of carbonyl (C=O) groups excluding carboxylic acids is 1. The Morgan fingerprint density at radius 2 is 1.00 bits per heavy atom. The zero-order valence-electron chi connectivity index (χ0n) is 28.7. The number of rotatable bonds is 24. The Morgan fingerprint density at radius 1 is 0.556 bits per heavy atom. The van der Waals surface area contributed by atoms with Gasteiger partial charge in [0, 0.05) is 6.42 Å². The molecule has 0 aliphatic carbocycles. The molecule has 3 rings (SSSR count). The number of unbranched alkanes of at least 4 members (excludes halogenated alkanes) is 15. The van der Waals surface area contributed by atoms with Crippen LogP contribution in [0.15, 0.2) is 72.8 Å². The molecule has 0 saturated carbocycles. The van der Waals surface area contributed by atoms with Gasteiger partial charge in [-0.2, -0.15) is 0 Å². The molecule has 3 heteroatoms. The van der Waals surface area contributed by atoms with Crippen LogP contribution in [0.5, 0.6) is 5.75 Å². The lowest BCUT2D eigenvalue weighted by Crippen LogP contribution is -2.08. The summed E-state index contributed by atoms with van der Waals surface area (Å²) in [5.74, 6) is 0.836. The van der Waals surface area contributed by atoms with E-state index in [-0.39, 0.29) is 12.1 Å². The summed E-state index contributed by atoms with van der Waals surface area (Å²) in [6.07, 6.45) is 22.1. The van der Waals surface area contributed by atoms with E-state index < -0.39 is 0 Å². The molecule has 3 aromatic carbocycles. The largest absolute Gasteiger partial charge is 0.494 e. The first-order valence-corrected chi connectivity index (χ1v) is 18.2. The smallest absolute Gasteiger partial charge is 0.306 e. The van der Waals surface area contributed by atoms with E-state index in [4.69, 9.17) is 9.47 Å². The molecule has 45 heavy (non-hydrogen) atoms. The van der Waals surface area contributed by atoms with E-state index in [1.807, 2.05) is 6.92 Å². The lowest BCUT2D eigenvalue weighted by molar-refractivity contribution is -0.148. The molecule has 0 heterocycles. The average Bonchev–Trinajstić information content (AvgIpc) is 3.07. The molecule has 0 saturated heterocycles. The van der Waals surface area contributed by atoms with Crippen molar-refractivity contribution in [2.75, 3.05) is 6.61 Å². The fourth-order valence-corrected chi connectivity index (χ4v) is 5.98. The molecule has 0 aliphatic rings. The standard InChI is InChI=1S/C42H60O3/c1-4-6-8-10-11-12-13-14-15-16-18-22-34-44-39-32-30-38(31-33-39)41-24-21-20-23-40(41)37-28-26-36(27-29-37)35(3)45-42(43)25-19-17-9-7-5-2/h20-21,23-24,26-33,35H,4-19,22,25,34H2,1-3H3. The lowest BCUT2D eigenvalue weighted by atomic mass is 9.93. The molecule has 0 N–H and O–H groups in total.